The molecule has 0 bridgehead atoms. The molecule has 0 unspecified atom stereocenters. The minimum atomic E-state index is -1.58. The van der Waals surface area contributed by atoms with E-state index in [1.54, 1.807) is 0 Å². The standard InChI is InChI=1S/C13H16FNO6/c1-2-3-4-20-5-6-21-12-8-10(14)9(13(16)17)7-11(12)15(18)19/h7-8H,2-6H2,1H3,(H,16,17). The van der Waals surface area contributed by atoms with E-state index < -0.39 is 28.0 Å². The fourth-order valence-corrected chi connectivity index (χ4v) is 1.52. The van der Waals surface area contributed by atoms with Crippen molar-refractivity contribution >= 4 is 11.7 Å². The highest BCUT2D eigenvalue weighted by Gasteiger charge is 2.22. The second-order valence-corrected chi connectivity index (χ2v) is 4.18. The topological polar surface area (TPSA) is 98.9 Å². The number of rotatable bonds is 9. The van der Waals surface area contributed by atoms with E-state index in [-0.39, 0.29) is 19.0 Å². The fourth-order valence-electron chi connectivity index (χ4n) is 1.52. The lowest BCUT2D eigenvalue weighted by Gasteiger charge is -2.08. The van der Waals surface area contributed by atoms with Gasteiger partial charge in [-0.3, -0.25) is 10.1 Å². The van der Waals surface area contributed by atoms with Gasteiger partial charge in [0.1, 0.15) is 18.0 Å². The molecule has 0 aromatic heterocycles. The van der Waals surface area contributed by atoms with Crippen LogP contribution in [0.4, 0.5) is 10.1 Å². The minimum Gasteiger partial charge on any atom is -0.484 e. The first-order valence-corrected chi connectivity index (χ1v) is 6.39. The number of nitrogens with zero attached hydrogens (tertiary/aromatic N) is 1. The van der Waals surface area contributed by atoms with Gasteiger partial charge in [0, 0.05) is 18.7 Å². The lowest BCUT2D eigenvalue weighted by Crippen LogP contribution is -2.10. The summed E-state index contributed by atoms with van der Waals surface area (Å²) in [6.07, 6.45) is 1.87. The zero-order chi connectivity index (χ0) is 15.8. The maximum Gasteiger partial charge on any atom is 0.338 e. The van der Waals surface area contributed by atoms with E-state index in [1.807, 2.05) is 6.92 Å². The van der Waals surface area contributed by atoms with Gasteiger partial charge in [0.2, 0.25) is 0 Å². The Balaban J connectivity index is 2.74. The molecule has 7 nitrogen and oxygen atoms in total. The first kappa shape index (κ1) is 16.8. The van der Waals surface area contributed by atoms with E-state index >= 15 is 0 Å². The predicted octanol–water partition coefficient (Wildman–Crippen LogP) is 2.63. The molecule has 116 valence electrons. The number of nitro groups is 1. The highest BCUT2D eigenvalue weighted by Crippen LogP contribution is 2.30. The van der Waals surface area contributed by atoms with E-state index in [9.17, 15) is 19.3 Å². The Morgan fingerprint density at radius 3 is 2.67 bits per heavy atom. The van der Waals surface area contributed by atoms with Crippen LogP contribution in [-0.4, -0.2) is 35.8 Å². The molecule has 0 aliphatic heterocycles. The van der Waals surface area contributed by atoms with Gasteiger partial charge < -0.3 is 14.6 Å². The molecule has 8 heteroatoms. The summed E-state index contributed by atoms with van der Waals surface area (Å²) in [6, 6.07) is 1.35. The van der Waals surface area contributed by atoms with E-state index in [0.717, 1.165) is 12.8 Å². The molecule has 1 aromatic rings. The number of unbranched alkanes of at least 4 members (excludes halogenated alkanes) is 1. The van der Waals surface area contributed by atoms with Crippen LogP contribution in [0, 0.1) is 15.9 Å². The fraction of sp³-hybridized carbons (Fsp3) is 0.462. The Labute approximate surface area is 120 Å². The van der Waals surface area contributed by atoms with Crippen molar-refractivity contribution in [2.45, 2.75) is 19.8 Å². The molecule has 1 aromatic carbocycles. The summed E-state index contributed by atoms with van der Waals surface area (Å²) in [5.74, 6) is -2.98. The summed E-state index contributed by atoms with van der Waals surface area (Å²) in [4.78, 5) is 20.8. The lowest BCUT2D eigenvalue weighted by molar-refractivity contribution is -0.386. The average Bonchev–Trinajstić information content (AvgIpc) is 2.42. The molecule has 0 atom stereocenters. The highest BCUT2D eigenvalue weighted by molar-refractivity contribution is 5.89. The number of halogens is 1. The molecule has 0 aliphatic rings. The number of carboxylic acids is 1. The number of benzene rings is 1. The van der Waals surface area contributed by atoms with Crippen LogP contribution in [-0.2, 0) is 4.74 Å². The third-order valence-electron chi connectivity index (χ3n) is 2.60. The molecule has 0 spiro atoms. The first-order valence-electron chi connectivity index (χ1n) is 6.39. The monoisotopic (exact) mass is 301 g/mol. The summed E-state index contributed by atoms with van der Waals surface area (Å²) >= 11 is 0. The van der Waals surface area contributed by atoms with Crippen molar-refractivity contribution in [2.24, 2.45) is 0 Å². The Hall–Kier alpha value is -2.22. The van der Waals surface area contributed by atoms with Crippen molar-refractivity contribution in [3.05, 3.63) is 33.6 Å². The van der Waals surface area contributed by atoms with E-state index in [2.05, 4.69) is 0 Å². The number of ether oxygens (including phenoxy) is 2. The van der Waals surface area contributed by atoms with Crippen LogP contribution in [0.1, 0.15) is 30.1 Å². The quantitative estimate of drug-likeness (QED) is 0.427. The van der Waals surface area contributed by atoms with Gasteiger partial charge >= 0.3 is 11.7 Å². The SMILES string of the molecule is CCCCOCCOc1cc(F)c(C(=O)O)cc1[N+](=O)[O-]. The maximum absolute atomic E-state index is 13.5. The second kappa shape index (κ2) is 8.15. The van der Waals surface area contributed by atoms with Crippen molar-refractivity contribution < 1.29 is 28.7 Å². The van der Waals surface area contributed by atoms with Crippen LogP contribution >= 0.6 is 0 Å². The summed E-state index contributed by atoms with van der Waals surface area (Å²) in [5, 5.41) is 19.6. The number of carboxylic acid groups (broad SMARTS) is 1. The smallest absolute Gasteiger partial charge is 0.338 e. The summed E-state index contributed by atoms with van der Waals surface area (Å²) < 4.78 is 23.8. The summed E-state index contributed by atoms with van der Waals surface area (Å²) in [6.45, 7) is 2.78. The van der Waals surface area contributed by atoms with Gasteiger partial charge in [0.15, 0.2) is 5.75 Å². The Bertz CT molecular complexity index is 520. The third kappa shape index (κ3) is 4.99. The lowest BCUT2D eigenvalue weighted by atomic mass is 10.1. The van der Waals surface area contributed by atoms with Gasteiger partial charge in [-0.25, -0.2) is 9.18 Å². The highest BCUT2D eigenvalue weighted by atomic mass is 19.1. The summed E-state index contributed by atoms with van der Waals surface area (Å²) in [5.41, 5.74) is -1.37. The molecular weight excluding hydrogens is 285 g/mol. The van der Waals surface area contributed by atoms with Crippen molar-refractivity contribution in [2.75, 3.05) is 19.8 Å². The molecule has 0 amide bonds. The zero-order valence-corrected chi connectivity index (χ0v) is 11.5. The number of nitro benzene ring substituents is 1. The average molecular weight is 301 g/mol. The molecule has 1 rings (SSSR count). The minimum absolute atomic E-state index is 0.0103. The van der Waals surface area contributed by atoms with E-state index in [4.69, 9.17) is 14.6 Å². The van der Waals surface area contributed by atoms with Crippen LogP contribution in [0.2, 0.25) is 0 Å². The largest absolute Gasteiger partial charge is 0.484 e. The van der Waals surface area contributed by atoms with Crippen molar-refractivity contribution in [1.29, 1.82) is 0 Å². The van der Waals surface area contributed by atoms with Crippen LogP contribution in [0.25, 0.3) is 0 Å². The normalized spacial score (nSPS) is 10.4. The van der Waals surface area contributed by atoms with Crippen molar-refractivity contribution in [1.82, 2.24) is 0 Å². The Kier molecular flexibility index (Phi) is 6.54. The van der Waals surface area contributed by atoms with Crippen LogP contribution in [0.15, 0.2) is 12.1 Å². The van der Waals surface area contributed by atoms with Gasteiger partial charge in [0.05, 0.1) is 11.5 Å². The molecule has 0 radical (unpaired) electrons. The second-order valence-electron chi connectivity index (χ2n) is 4.18. The Morgan fingerprint density at radius 1 is 1.38 bits per heavy atom. The van der Waals surface area contributed by atoms with Gasteiger partial charge in [-0.05, 0) is 6.42 Å². The molecule has 0 saturated heterocycles. The maximum atomic E-state index is 13.5. The summed E-state index contributed by atoms with van der Waals surface area (Å²) in [7, 11) is 0. The van der Waals surface area contributed by atoms with Crippen LogP contribution in [0.3, 0.4) is 0 Å². The first-order chi connectivity index (χ1) is 9.97. The van der Waals surface area contributed by atoms with Gasteiger partial charge in [-0.15, -0.1) is 0 Å². The third-order valence-corrected chi connectivity index (χ3v) is 2.60. The molecule has 0 fully saturated rings. The number of hydrogen-bond donors (Lipinski definition) is 1. The molecule has 1 N–H and O–H groups in total. The van der Waals surface area contributed by atoms with Gasteiger partial charge in [-0.1, -0.05) is 13.3 Å². The molecule has 21 heavy (non-hydrogen) atoms. The van der Waals surface area contributed by atoms with Gasteiger partial charge in [0.25, 0.3) is 0 Å². The number of carbonyl (C=O) groups is 1. The van der Waals surface area contributed by atoms with E-state index in [0.29, 0.717) is 18.7 Å². The van der Waals surface area contributed by atoms with Crippen LogP contribution in [0.5, 0.6) is 5.75 Å². The Morgan fingerprint density at radius 2 is 2.10 bits per heavy atom. The van der Waals surface area contributed by atoms with Crippen LogP contribution < -0.4 is 4.74 Å². The zero-order valence-electron chi connectivity index (χ0n) is 11.5. The van der Waals surface area contributed by atoms with Crippen molar-refractivity contribution in [3.63, 3.8) is 0 Å². The predicted molar refractivity (Wildman–Crippen MR) is 71.2 cm³/mol. The molecule has 0 heterocycles. The van der Waals surface area contributed by atoms with Crippen molar-refractivity contribution in [3.8, 4) is 5.75 Å². The molecule has 0 aliphatic carbocycles. The molecular formula is C13H16FNO6. The molecule has 0 saturated carbocycles. The number of aromatic carboxylic acids is 1. The number of hydrogen-bond acceptors (Lipinski definition) is 5. The van der Waals surface area contributed by atoms with Gasteiger partial charge in [-0.2, -0.15) is 0 Å². The van der Waals surface area contributed by atoms with E-state index in [1.165, 1.54) is 0 Å².